The highest BCUT2D eigenvalue weighted by molar-refractivity contribution is 5.27. The lowest BCUT2D eigenvalue weighted by molar-refractivity contribution is -0.0417. The lowest BCUT2D eigenvalue weighted by Gasteiger charge is -2.36. The van der Waals surface area contributed by atoms with Crippen LogP contribution < -0.4 is 4.74 Å². The van der Waals surface area contributed by atoms with Gasteiger partial charge in [-0.05, 0) is 44.6 Å². The largest absolute Gasteiger partial charge is 0.494 e. The van der Waals surface area contributed by atoms with Gasteiger partial charge in [-0.2, -0.15) is 0 Å². The van der Waals surface area contributed by atoms with Gasteiger partial charge in [-0.1, -0.05) is 12.1 Å². The molecule has 3 rings (SSSR count). The van der Waals surface area contributed by atoms with E-state index in [1.165, 1.54) is 5.56 Å². The monoisotopic (exact) mass is 348 g/mol. The van der Waals surface area contributed by atoms with E-state index in [0.29, 0.717) is 5.92 Å². The summed E-state index contributed by atoms with van der Waals surface area (Å²) in [6.07, 6.45) is 2.01. The molecule has 2 aliphatic rings. The standard InChI is InChI=1S/C20H32N2O3/c1-21(2)9-3-10-25-19-6-4-17(5-7-19)12-22-13-18-14-24-11-8-20(18,15-22)16-23/h4-7,18,23H,3,8-16H2,1-2H3/t18-,20-/m1/s1. The number of hydrogen-bond donors (Lipinski definition) is 1. The lowest BCUT2D eigenvalue weighted by Crippen LogP contribution is -2.41. The molecule has 5 heteroatoms. The minimum atomic E-state index is 0.0493. The minimum absolute atomic E-state index is 0.0493. The van der Waals surface area contributed by atoms with Crippen molar-refractivity contribution in [3.05, 3.63) is 29.8 Å². The Morgan fingerprint density at radius 3 is 2.80 bits per heavy atom. The second-order valence-electron chi connectivity index (χ2n) is 7.86. The Bertz CT molecular complexity index is 534. The summed E-state index contributed by atoms with van der Waals surface area (Å²) in [5, 5.41) is 9.91. The van der Waals surface area contributed by atoms with Crippen LogP contribution in [0.5, 0.6) is 5.75 Å². The van der Waals surface area contributed by atoms with Gasteiger partial charge in [-0.15, -0.1) is 0 Å². The summed E-state index contributed by atoms with van der Waals surface area (Å²) in [7, 11) is 4.16. The molecule has 140 valence electrons. The van der Waals surface area contributed by atoms with Crippen molar-refractivity contribution in [1.29, 1.82) is 0 Å². The van der Waals surface area contributed by atoms with Gasteiger partial charge in [0.05, 0.1) is 19.8 Å². The minimum Gasteiger partial charge on any atom is -0.494 e. The summed E-state index contributed by atoms with van der Waals surface area (Å²) in [6.45, 7) is 6.57. The topological polar surface area (TPSA) is 45.2 Å². The number of aliphatic hydroxyl groups excluding tert-OH is 1. The predicted octanol–water partition coefficient (Wildman–Crippen LogP) is 1.85. The number of likely N-dealkylation sites (tertiary alicyclic amines) is 1. The van der Waals surface area contributed by atoms with E-state index < -0.39 is 0 Å². The van der Waals surface area contributed by atoms with Gasteiger partial charge in [0.25, 0.3) is 0 Å². The van der Waals surface area contributed by atoms with Gasteiger partial charge in [0.2, 0.25) is 0 Å². The van der Waals surface area contributed by atoms with Gasteiger partial charge in [0.1, 0.15) is 5.75 Å². The zero-order chi connectivity index (χ0) is 17.7. The number of rotatable bonds is 8. The molecular weight excluding hydrogens is 316 g/mol. The van der Waals surface area contributed by atoms with E-state index in [-0.39, 0.29) is 12.0 Å². The predicted molar refractivity (Wildman–Crippen MR) is 98.8 cm³/mol. The van der Waals surface area contributed by atoms with Crippen molar-refractivity contribution in [3.8, 4) is 5.75 Å². The first-order chi connectivity index (χ1) is 12.1. The summed E-state index contributed by atoms with van der Waals surface area (Å²) < 4.78 is 11.4. The van der Waals surface area contributed by atoms with Crippen LogP contribution in [0, 0.1) is 11.3 Å². The van der Waals surface area contributed by atoms with E-state index in [4.69, 9.17) is 9.47 Å². The Kier molecular flexibility index (Phi) is 6.34. The van der Waals surface area contributed by atoms with Crippen molar-refractivity contribution < 1.29 is 14.6 Å². The third-order valence-electron chi connectivity index (χ3n) is 5.61. The maximum atomic E-state index is 9.91. The number of ether oxygens (including phenoxy) is 2. The first kappa shape index (κ1) is 18.6. The summed E-state index contributed by atoms with van der Waals surface area (Å²) in [5.41, 5.74) is 1.35. The van der Waals surface area contributed by atoms with Crippen LogP contribution in [0.15, 0.2) is 24.3 Å². The smallest absolute Gasteiger partial charge is 0.119 e. The summed E-state index contributed by atoms with van der Waals surface area (Å²) in [5.74, 6) is 1.41. The van der Waals surface area contributed by atoms with Gasteiger partial charge in [-0.25, -0.2) is 0 Å². The van der Waals surface area contributed by atoms with Gasteiger partial charge in [0, 0.05) is 44.1 Å². The number of benzene rings is 1. The second kappa shape index (κ2) is 8.49. The van der Waals surface area contributed by atoms with Crippen LogP contribution >= 0.6 is 0 Å². The van der Waals surface area contributed by atoms with Crippen molar-refractivity contribution in [2.24, 2.45) is 11.3 Å². The molecular formula is C20H32N2O3. The molecule has 2 atom stereocenters. The molecule has 25 heavy (non-hydrogen) atoms. The molecule has 0 aromatic heterocycles. The number of nitrogens with zero attached hydrogens (tertiary/aromatic N) is 2. The van der Waals surface area contributed by atoms with E-state index in [0.717, 1.165) is 64.6 Å². The number of aliphatic hydroxyl groups is 1. The van der Waals surface area contributed by atoms with E-state index in [2.05, 4.69) is 48.2 Å². The number of hydrogen-bond acceptors (Lipinski definition) is 5. The molecule has 0 radical (unpaired) electrons. The van der Waals surface area contributed by atoms with Crippen LogP contribution in [0.1, 0.15) is 18.4 Å². The summed E-state index contributed by atoms with van der Waals surface area (Å²) >= 11 is 0. The SMILES string of the molecule is CN(C)CCCOc1ccc(CN2C[C@@H]3COCC[C@]3(CO)C2)cc1. The van der Waals surface area contributed by atoms with Crippen molar-refractivity contribution >= 4 is 0 Å². The van der Waals surface area contributed by atoms with Gasteiger partial charge >= 0.3 is 0 Å². The Labute approximate surface area is 151 Å². The summed E-state index contributed by atoms with van der Waals surface area (Å²) in [4.78, 5) is 4.63. The fraction of sp³-hybridized carbons (Fsp3) is 0.700. The second-order valence-corrected chi connectivity index (χ2v) is 7.86. The Balaban J connectivity index is 1.49. The van der Waals surface area contributed by atoms with Crippen molar-refractivity contribution in [2.75, 3.05) is 60.2 Å². The Morgan fingerprint density at radius 2 is 2.12 bits per heavy atom. The Hall–Kier alpha value is -1.14. The van der Waals surface area contributed by atoms with Crippen LogP contribution in [-0.4, -0.2) is 75.1 Å². The number of fused-ring (bicyclic) bond motifs is 1. The van der Waals surface area contributed by atoms with Crippen LogP contribution in [0.3, 0.4) is 0 Å². The normalized spacial score (nSPS) is 26.8. The lowest BCUT2D eigenvalue weighted by atomic mass is 9.75. The molecule has 1 N–H and O–H groups in total. The molecule has 0 unspecified atom stereocenters. The molecule has 1 aromatic rings. The molecule has 0 aliphatic carbocycles. The van der Waals surface area contributed by atoms with E-state index in [1.54, 1.807) is 0 Å². The molecule has 5 nitrogen and oxygen atoms in total. The van der Waals surface area contributed by atoms with Crippen LogP contribution in [0.2, 0.25) is 0 Å². The molecule has 0 amide bonds. The fourth-order valence-corrected chi connectivity index (χ4v) is 4.06. The van der Waals surface area contributed by atoms with Crippen molar-refractivity contribution in [1.82, 2.24) is 9.80 Å². The van der Waals surface area contributed by atoms with Gasteiger partial charge in [-0.3, -0.25) is 4.90 Å². The maximum Gasteiger partial charge on any atom is 0.119 e. The molecule has 2 aliphatic heterocycles. The first-order valence-corrected chi connectivity index (χ1v) is 9.39. The molecule has 0 saturated carbocycles. The zero-order valence-electron chi connectivity index (χ0n) is 15.6. The Morgan fingerprint density at radius 1 is 1.32 bits per heavy atom. The molecule has 2 heterocycles. The molecule has 0 bridgehead atoms. The third-order valence-corrected chi connectivity index (χ3v) is 5.61. The van der Waals surface area contributed by atoms with E-state index in [1.807, 2.05) is 0 Å². The quantitative estimate of drug-likeness (QED) is 0.727. The van der Waals surface area contributed by atoms with Crippen LogP contribution in [0.25, 0.3) is 0 Å². The molecule has 0 spiro atoms. The average molecular weight is 348 g/mol. The average Bonchev–Trinajstić information content (AvgIpc) is 2.98. The van der Waals surface area contributed by atoms with E-state index >= 15 is 0 Å². The highest BCUT2D eigenvalue weighted by atomic mass is 16.5. The van der Waals surface area contributed by atoms with Crippen LogP contribution in [0.4, 0.5) is 0 Å². The van der Waals surface area contributed by atoms with Crippen molar-refractivity contribution in [2.45, 2.75) is 19.4 Å². The fourth-order valence-electron chi connectivity index (χ4n) is 4.06. The molecule has 2 fully saturated rings. The van der Waals surface area contributed by atoms with Gasteiger partial charge < -0.3 is 19.5 Å². The molecule has 2 saturated heterocycles. The highest BCUT2D eigenvalue weighted by Crippen LogP contribution is 2.42. The van der Waals surface area contributed by atoms with E-state index in [9.17, 15) is 5.11 Å². The third kappa shape index (κ3) is 4.73. The zero-order valence-corrected chi connectivity index (χ0v) is 15.6. The first-order valence-electron chi connectivity index (χ1n) is 9.39. The summed E-state index contributed by atoms with van der Waals surface area (Å²) in [6, 6.07) is 8.45. The van der Waals surface area contributed by atoms with Crippen molar-refractivity contribution in [3.63, 3.8) is 0 Å². The maximum absolute atomic E-state index is 9.91. The van der Waals surface area contributed by atoms with Gasteiger partial charge in [0.15, 0.2) is 0 Å². The van der Waals surface area contributed by atoms with Crippen LogP contribution in [-0.2, 0) is 11.3 Å². The highest BCUT2D eigenvalue weighted by Gasteiger charge is 2.47. The molecule has 1 aromatic carbocycles.